The Hall–Kier alpha value is -1.85. The third-order valence-corrected chi connectivity index (χ3v) is 2.03. The molecule has 0 unspecified atom stereocenters. The van der Waals surface area contributed by atoms with Crippen molar-refractivity contribution in [1.82, 2.24) is 10.3 Å². The maximum Gasteiger partial charge on any atom is 0.407 e. The second kappa shape index (κ2) is 6.36. The van der Waals surface area contributed by atoms with Crippen LogP contribution in [0, 0.1) is 12.9 Å². The first-order chi connectivity index (χ1) is 8.78. The molecule has 0 radical (unpaired) electrons. The van der Waals surface area contributed by atoms with Crippen molar-refractivity contribution in [2.24, 2.45) is 0 Å². The molecule has 1 amide bonds. The lowest BCUT2D eigenvalue weighted by molar-refractivity contribution is 0.0519. The first-order valence-electron chi connectivity index (χ1n) is 6.01. The van der Waals surface area contributed by atoms with Gasteiger partial charge in [0.25, 0.3) is 0 Å². The number of nitrogens with zero attached hydrogens (tertiary/aromatic N) is 1. The Morgan fingerprint density at radius 2 is 2.11 bits per heavy atom. The number of halogens is 1. The monoisotopic (exact) mass is 270 g/mol. The number of aromatic nitrogens is 1. The van der Waals surface area contributed by atoms with Crippen molar-refractivity contribution in [2.75, 3.05) is 13.2 Å². The van der Waals surface area contributed by atoms with Gasteiger partial charge < -0.3 is 14.8 Å². The Morgan fingerprint density at radius 3 is 2.68 bits per heavy atom. The number of carbonyl (C=O) groups is 1. The number of rotatable bonds is 4. The number of hydrogen-bond donors (Lipinski definition) is 1. The highest BCUT2D eigenvalue weighted by Gasteiger charge is 2.15. The van der Waals surface area contributed by atoms with E-state index in [0.717, 1.165) is 0 Å². The van der Waals surface area contributed by atoms with E-state index in [9.17, 15) is 9.18 Å². The zero-order valence-electron chi connectivity index (χ0n) is 11.6. The highest BCUT2D eigenvalue weighted by Crippen LogP contribution is 2.10. The molecule has 1 heterocycles. The average Bonchev–Trinajstić information content (AvgIpc) is 2.27. The van der Waals surface area contributed by atoms with E-state index in [1.165, 1.54) is 0 Å². The molecule has 106 valence electrons. The van der Waals surface area contributed by atoms with Crippen molar-refractivity contribution in [3.05, 3.63) is 23.6 Å². The number of pyridine rings is 1. The Kier molecular flexibility index (Phi) is 5.09. The van der Waals surface area contributed by atoms with E-state index in [-0.39, 0.29) is 19.0 Å². The first-order valence-corrected chi connectivity index (χ1v) is 6.01. The van der Waals surface area contributed by atoms with Crippen molar-refractivity contribution < 1.29 is 18.7 Å². The number of alkyl carbamates (subject to hydrolysis) is 1. The Morgan fingerprint density at radius 1 is 1.42 bits per heavy atom. The van der Waals surface area contributed by atoms with Gasteiger partial charge in [0.15, 0.2) is 0 Å². The fourth-order valence-electron chi connectivity index (χ4n) is 1.19. The predicted molar refractivity (Wildman–Crippen MR) is 68.7 cm³/mol. The normalized spacial score (nSPS) is 11.0. The fourth-order valence-corrected chi connectivity index (χ4v) is 1.19. The van der Waals surface area contributed by atoms with Crippen LogP contribution >= 0.6 is 0 Å². The molecule has 0 aliphatic heterocycles. The lowest BCUT2D eigenvalue weighted by Gasteiger charge is -2.19. The molecular formula is C13H19FN2O3. The average molecular weight is 270 g/mol. The molecule has 0 spiro atoms. The van der Waals surface area contributed by atoms with Gasteiger partial charge in [0.05, 0.1) is 6.54 Å². The highest BCUT2D eigenvalue weighted by atomic mass is 19.1. The molecule has 0 saturated heterocycles. The lowest BCUT2D eigenvalue weighted by atomic mass is 10.2. The van der Waals surface area contributed by atoms with E-state index in [1.54, 1.807) is 39.8 Å². The van der Waals surface area contributed by atoms with E-state index >= 15 is 0 Å². The van der Waals surface area contributed by atoms with E-state index < -0.39 is 17.6 Å². The van der Waals surface area contributed by atoms with E-state index in [4.69, 9.17) is 9.47 Å². The summed E-state index contributed by atoms with van der Waals surface area (Å²) in [4.78, 5) is 14.9. The summed E-state index contributed by atoms with van der Waals surface area (Å²) in [5, 5.41) is 2.53. The third-order valence-electron chi connectivity index (χ3n) is 2.03. The third kappa shape index (κ3) is 6.03. The summed E-state index contributed by atoms with van der Waals surface area (Å²) in [6.07, 6.45) is -0.515. The van der Waals surface area contributed by atoms with Crippen molar-refractivity contribution in [3.63, 3.8) is 0 Å². The van der Waals surface area contributed by atoms with Gasteiger partial charge in [-0.3, -0.25) is 0 Å². The molecule has 1 N–H and O–H groups in total. The van der Waals surface area contributed by atoms with Gasteiger partial charge in [0.1, 0.15) is 12.2 Å². The van der Waals surface area contributed by atoms with Crippen LogP contribution in [-0.4, -0.2) is 29.8 Å². The van der Waals surface area contributed by atoms with Gasteiger partial charge >= 0.3 is 6.09 Å². The summed E-state index contributed by atoms with van der Waals surface area (Å²) >= 11 is 0. The molecular weight excluding hydrogens is 251 g/mol. The highest BCUT2D eigenvalue weighted by molar-refractivity contribution is 5.67. The topological polar surface area (TPSA) is 60.5 Å². The number of carbonyl (C=O) groups excluding carboxylic acids is 1. The maximum atomic E-state index is 13.1. The maximum absolute atomic E-state index is 13.1. The molecule has 0 atom stereocenters. The van der Waals surface area contributed by atoms with Crippen molar-refractivity contribution >= 4 is 6.09 Å². The molecule has 1 rings (SSSR count). The van der Waals surface area contributed by atoms with Crippen LogP contribution in [0.3, 0.4) is 0 Å². The predicted octanol–water partition coefficient (Wildman–Crippen LogP) is 2.43. The van der Waals surface area contributed by atoms with Crippen molar-refractivity contribution in [2.45, 2.75) is 33.3 Å². The molecule has 0 aromatic carbocycles. The SMILES string of the molecule is Cc1ccc(OCCNC(=O)OC(C)(C)C)nc1F. The molecule has 19 heavy (non-hydrogen) atoms. The molecule has 0 saturated carbocycles. The zero-order chi connectivity index (χ0) is 14.5. The van der Waals surface area contributed by atoms with Gasteiger partial charge in [-0.25, -0.2) is 4.79 Å². The number of ether oxygens (including phenoxy) is 2. The van der Waals surface area contributed by atoms with Crippen molar-refractivity contribution in [3.8, 4) is 5.88 Å². The van der Waals surface area contributed by atoms with E-state index in [0.29, 0.717) is 5.56 Å². The Bertz CT molecular complexity index is 444. The first kappa shape index (κ1) is 15.2. The van der Waals surface area contributed by atoms with Crippen LogP contribution in [0.15, 0.2) is 12.1 Å². The number of nitrogens with one attached hydrogen (secondary N) is 1. The van der Waals surface area contributed by atoms with Gasteiger partial charge in [-0.1, -0.05) is 0 Å². The van der Waals surface area contributed by atoms with E-state index in [1.807, 2.05) is 0 Å². The van der Waals surface area contributed by atoms with Crippen LogP contribution < -0.4 is 10.1 Å². The van der Waals surface area contributed by atoms with Gasteiger partial charge in [-0.2, -0.15) is 9.37 Å². The minimum atomic E-state index is -0.558. The summed E-state index contributed by atoms with van der Waals surface area (Å²) in [5.41, 5.74) is -0.0775. The molecule has 6 heteroatoms. The standard InChI is InChI=1S/C13H19FN2O3/c1-9-5-6-10(16-11(9)14)18-8-7-15-12(17)19-13(2,3)4/h5-6H,7-8H2,1-4H3,(H,15,17). The Balaban J connectivity index is 2.27. The van der Waals surface area contributed by atoms with Gasteiger partial charge in [-0.05, 0) is 33.8 Å². The second-order valence-corrected chi connectivity index (χ2v) is 5.03. The zero-order valence-corrected chi connectivity index (χ0v) is 11.6. The number of hydrogen-bond acceptors (Lipinski definition) is 4. The lowest BCUT2D eigenvalue weighted by Crippen LogP contribution is -2.34. The van der Waals surface area contributed by atoms with E-state index in [2.05, 4.69) is 10.3 Å². The summed E-state index contributed by atoms with van der Waals surface area (Å²) in [5.74, 6) is -0.369. The summed E-state index contributed by atoms with van der Waals surface area (Å²) < 4.78 is 23.4. The van der Waals surface area contributed by atoms with Gasteiger partial charge in [0, 0.05) is 11.6 Å². The number of aryl methyl sites for hydroxylation is 1. The van der Waals surface area contributed by atoms with Crippen LogP contribution in [0.4, 0.5) is 9.18 Å². The van der Waals surface area contributed by atoms with Gasteiger partial charge in [-0.15, -0.1) is 0 Å². The van der Waals surface area contributed by atoms with Crippen LogP contribution in [0.1, 0.15) is 26.3 Å². The second-order valence-electron chi connectivity index (χ2n) is 5.03. The summed E-state index contributed by atoms with van der Waals surface area (Å²) in [6.45, 7) is 7.41. The van der Waals surface area contributed by atoms with Gasteiger partial charge in [0.2, 0.25) is 11.8 Å². The largest absolute Gasteiger partial charge is 0.476 e. The minimum Gasteiger partial charge on any atom is -0.476 e. The molecule has 1 aromatic rings. The smallest absolute Gasteiger partial charge is 0.407 e. The quantitative estimate of drug-likeness (QED) is 0.674. The van der Waals surface area contributed by atoms with Crippen LogP contribution in [0.5, 0.6) is 5.88 Å². The van der Waals surface area contributed by atoms with Crippen molar-refractivity contribution in [1.29, 1.82) is 0 Å². The molecule has 1 aromatic heterocycles. The Labute approximate surface area is 112 Å². The summed E-state index contributed by atoms with van der Waals surface area (Å²) in [7, 11) is 0. The van der Waals surface area contributed by atoms with Crippen LogP contribution in [0.2, 0.25) is 0 Å². The molecule has 0 fully saturated rings. The molecule has 0 aliphatic rings. The molecule has 5 nitrogen and oxygen atoms in total. The fraction of sp³-hybridized carbons (Fsp3) is 0.538. The summed E-state index contributed by atoms with van der Waals surface area (Å²) in [6, 6.07) is 3.16. The van der Waals surface area contributed by atoms with Crippen LogP contribution in [0.25, 0.3) is 0 Å². The number of amides is 1. The van der Waals surface area contributed by atoms with Crippen LogP contribution in [-0.2, 0) is 4.74 Å². The molecule has 0 aliphatic carbocycles. The minimum absolute atomic E-state index is 0.189. The molecule has 0 bridgehead atoms.